The highest BCUT2D eigenvalue weighted by Gasteiger charge is 2.45. The Bertz CT molecular complexity index is 526. The number of methoxy groups -OCH3 is 1. The SMILES string of the molecule is COCCC1(C)CC(=O)NC(=O)C1c1cccc(C)c1. The van der Waals surface area contributed by atoms with E-state index in [9.17, 15) is 9.59 Å². The number of rotatable bonds is 4. The summed E-state index contributed by atoms with van der Waals surface area (Å²) in [6, 6.07) is 7.93. The number of piperidine rings is 1. The Morgan fingerprint density at radius 2 is 2.15 bits per heavy atom. The van der Waals surface area contributed by atoms with Crippen LogP contribution in [0.4, 0.5) is 0 Å². The van der Waals surface area contributed by atoms with Crippen LogP contribution in [0.1, 0.15) is 36.8 Å². The summed E-state index contributed by atoms with van der Waals surface area (Å²) in [6.45, 7) is 4.54. The predicted octanol–water partition coefficient (Wildman–Crippen LogP) is 2.17. The minimum atomic E-state index is -0.400. The van der Waals surface area contributed by atoms with Crippen molar-refractivity contribution in [2.24, 2.45) is 5.41 Å². The van der Waals surface area contributed by atoms with Crippen LogP contribution in [0.15, 0.2) is 24.3 Å². The molecular weight excluding hydrogens is 254 g/mol. The van der Waals surface area contributed by atoms with E-state index >= 15 is 0 Å². The second kappa shape index (κ2) is 5.75. The molecule has 4 nitrogen and oxygen atoms in total. The number of carbonyl (C=O) groups is 2. The molecule has 0 spiro atoms. The summed E-state index contributed by atoms with van der Waals surface area (Å²) in [7, 11) is 1.63. The van der Waals surface area contributed by atoms with Gasteiger partial charge < -0.3 is 4.74 Å². The Labute approximate surface area is 119 Å². The van der Waals surface area contributed by atoms with Crippen molar-refractivity contribution in [1.29, 1.82) is 0 Å². The van der Waals surface area contributed by atoms with Gasteiger partial charge >= 0.3 is 0 Å². The van der Waals surface area contributed by atoms with Crippen molar-refractivity contribution < 1.29 is 14.3 Å². The first-order chi connectivity index (χ1) is 9.46. The normalized spacial score (nSPS) is 26.4. The number of carbonyl (C=O) groups excluding carboxylic acids is 2. The van der Waals surface area contributed by atoms with Crippen LogP contribution in [0.2, 0.25) is 0 Å². The van der Waals surface area contributed by atoms with Gasteiger partial charge in [0.1, 0.15) is 0 Å². The van der Waals surface area contributed by atoms with Gasteiger partial charge in [-0.05, 0) is 24.3 Å². The van der Waals surface area contributed by atoms with Gasteiger partial charge in [-0.3, -0.25) is 14.9 Å². The summed E-state index contributed by atoms with van der Waals surface area (Å²) < 4.78 is 5.15. The summed E-state index contributed by atoms with van der Waals surface area (Å²) in [5.41, 5.74) is 1.68. The standard InChI is InChI=1S/C16H21NO3/c1-11-5-4-6-12(9-11)14-15(19)17-13(18)10-16(14,2)7-8-20-3/h4-6,9,14H,7-8,10H2,1-3H3,(H,17,18,19). The number of imide groups is 1. The van der Waals surface area contributed by atoms with Gasteiger partial charge in [-0.1, -0.05) is 36.8 Å². The van der Waals surface area contributed by atoms with E-state index in [1.165, 1.54) is 0 Å². The molecule has 0 bridgehead atoms. The van der Waals surface area contributed by atoms with Crippen molar-refractivity contribution in [1.82, 2.24) is 5.32 Å². The van der Waals surface area contributed by atoms with E-state index in [1.54, 1.807) is 7.11 Å². The Morgan fingerprint density at radius 1 is 1.40 bits per heavy atom. The van der Waals surface area contributed by atoms with Crippen LogP contribution >= 0.6 is 0 Å². The Morgan fingerprint density at radius 3 is 2.80 bits per heavy atom. The van der Waals surface area contributed by atoms with Crippen LogP contribution in [0.5, 0.6) is 0 Å². The second-order valence-electron chi connectivity index (χ2n) is 5.83. The number of ether oxygens (including phenoxy) is 1. The molecule has 108 valence electrons. The van der Waals surface area contributed by atoms with Gasteiger partial charge in [0.25, 0.3) is 0 Å². The third-order valence-corrected chi connectivity index (χ3v) is 4.04. The van der Waals surface area contributed by atoms with E-state index in [-0.39, 0.29) is 17.7 Å². The summed E-state index contributed by atoms with van der Waals surface area (Å²) in [6.07, 6.45) is 1.03. The van der Waals surface area contributed by atoms with Crippen LogP contribution in [0, 0.1) is 12.3 Å². The number of nitrogens with one attached hydrogen (secondary N) is 1. The highest BCUT2D eigenvalue weighted by molar-refractivity contribution is 6.02. The molecule has 20 heavy (non-hydrogen) atoms. The lowest BCUT2D eigenvalue weighted by Gasteiger charge is -2.40. The molecular formula is C16H21NO3. The Balaban J connectivity index is 2.39. The molecule has 4 heteroatoms. The van der Waals surface area contributed by atoms with Crippen LogP contribution in [-0.4, -0.2) is 25.5 Å². The number of hydrogen-bond donors (Lipinski definition) is 1. The van der Waals surface area contributed by atoms with Crippen LogP contribution in [0.25, 0.3) is 0 Å². The van der Waals surface area contributed by atoms with Crippen molar-refractivity contribution in [2.75, 3.05) is 13.7 Å². The molecule has 1 saturated heterocycles. The van der Waals surface area contributed by atoms with E-state index < -0.39 is 5.41 Å². The molecule has 0 saturated carbocycles. The fourth-order valence-corrected chi connectivity index (χ4v) is 3.01. The highest BCUT2D eigenvalue weighted by atomic mass is 16.5. The Kier molecular flexibility index (Phi) is 4.23. The molecule has 1 N–H and O–H groups in total. The second-order valence-corrected chi connectivity index (χ2v) is 5.83. The molecule has 1 aliphatic rings. The average Bonchev–Trinajstić information content (AvgIpc) is 2.35. The molecule has 1 aliphatic heterocycles. The molecule has 2 rings (SSSR count). The van der Waals surface area contributed by atoms with Crippen molar-refractivity contribution >= 4 is 11.8 Å². The van der Waals surface area contributed by atoms with Gasteiger partial charge in [0.15, 0.2) is 0 Å². The molecule has 2 unspecified atom stereocenters. The van der Waals surface area contributed by atoms with E-state index in [1.807, 2.05) is 38.1 Å². The van der Waals surface area contributed by atoms with Crippen molar-refractivity contribution in [3.05, 3.63) is 35.4 Å². The fraction of sp³-hybridized carbons (Fsp3) is 0.500. The van der Waals surface area contributed by atoms with E-state index in [4.69, 9.17) is 4.74 Å². The van der Waals surface area contributed by atoms with E-state index in [0.29, 0.717) is 19.4 Å². The first-order valence-electron chi connectivity index (χ1n) is 6.85. The number of aryl methyl sites for hydroxylation is 1. The number of amides is 2. The molecule has 1 fully saturated rings. The van der Waals surface area contributed by atoms with Crippen LogP contribution < -0.4 is 5.32 Å². The molecule has 2 amide bonds. The minimum Gasteiger partial charge on any atom is -0.385 e. The maximum absolute atomic E-state index is 12.3. The van der Waals surface area contributed by atoms with Gasteiger partial charge in [0.2, 0.25) is 11.8 Å². The summed E-state index contributed by atoms with van der Waals surface area (Å²) in [5, 5.41) is 2.46. The van der Waals surface area contributed by atoms with Gasteiger partial charge in [-0.2, -0.15) is 0 Å². The average molecular weight is 275 g/mol. The van der Waals surface area contributed by atoms with Crippen LogP contribution in [-0.2, 0) is 14.3 Å². The molecule has 0 aromatic heterocycles. The lowest BCUT2D eigenvalue weighted by molar-refractivity contribution is -0.140. The third kappa shape index (κ3) is 2.90. The first-order valence-corrected chi connectivity index (χ1v) is 6.85. The topological polar surface area (TPSA) is 55.4 Å². The predicted molar refractivity (Wildman–Crippen MR) is 76.3 cm³/mol. The van der Waals surface area contributed by atoms with Crippen molar-refractivity contribution in [3.63, 3.8) is 0 Å². The largest absolute Gasteiger partial charge is 0.385 e. The zero-order chi connectivity index (χ0) is 14.8. The quantitative estimate of drug-likeness (QED) is 0.857. The zero-order valence-electron chi connectivity index (χ0n) is 12.2. The molecule has 0 radical (unpaired) electrons. The zero-order valence-corrected chi connectivity index (χ0v) is 12.2. The summed E-state index contributed by atoms with van der Waals surface area (Å²) in [5.74, 6) is -0.710. The van der Waals surface area contributed by atoms with E-state index in [2.05, 4.69) is 5.32 Å². The highest BCUT2D eigenvalue weighted by Crippen LogP contribution is 2.44. The number of hydrogen-bond acceptors (Lipinski definition) is 3. The van der Waals surface area contributed by atoms with Gasteiger partial charge in [-0.15, -0.1) is 0 Å². The van der Waals surface area contributed by atoms with Crippen molar-refractivity contribution in [3.8, 4) is 0 Å². The summed E-state index contributed by atoms with van der Waals surface area (Å²) >= 11 is 0. The molecule has 1 aromatic rings. The van der Waals surface area contributed by atoms with Gasteiger partial charge in [0.05, 0.1) is 5.92 Å². The molecule has 1 heterocycles. The van der Waals surface area contributed by atoms with Crippen LogP contribution in [0.3, 0.4) is 0 Å². The lowest BCUT2D eigenvalue weighted by atomic mass is 9.66. The van der Waals surface area contributed by atoms with Crippen molar-refractivity contribution in [2.45, 2.75) is 32.6 Å². The first kappa shape index (κ1) is 14.7. The maximum atomic E-state index is 12.3. The fourth-order valence-electron chi connectivity index (χ4n) is 3.01. The molecule has 2 atom stereocenters. The number of benzene rings is 1. The minimum absolute atomic E-state index is 0.197. The lowest BCUT2D eigenvalue weighted by Crippen LogP contribution is -2.50. The molecule has 0 aliphatic carbocycles. The van der Waals surface area contributed by atoms with Gasteiger partial charge in [0, 0.05) is 20.1 Å². The third-order valence-electron chi connectivity index (χ3n) is 4.04. The Hall–Kier alpha value is -1.68. The molecule has 1 aromatic carbocycles. The maximum Gasteiger partial charge on any atom is 0.234 e. The van der Waals surface area contributed by atoms with Gasteiger partial charge in [-0.25, -0.2) is 0 Å². The summed E-state index contributed by atoms with van der Waals surface area (Å²) in [4.78, 5) is 24.0. The monoisotopic (exact) mass is 275 g/mol. The smallest absolute Gasteiger partial charge is 0.234 e. The van der Waals surface area contributed by atoms with E-state index in [0.717, 1.165) is 11.1 Å².